The summed E-state index contributed by atoms with van der Waals surface area (Å²) in [5, 5.41) is 26.7. The van der Waals surface area contributed by atoms with Gasteiger partial charge in [0.15, 0.2) is 0 Å². The van der Waals surface area contributed by atoms with Gasteiger partial charge >= 0.3 is 0 Å². The Morgan fingerprint density at radius 2 is 1.10 bits per heavy atom. The van der Waals surface area contributed by atoms with Crippen LogP contribution in [0, 0.1) is 33.1 Å². The van der Waals surface area contributed by atoms with E-state index in [-0.39, 0.29) is 29.6 Å². The van der Waals surface area contributed by atoms with Crippen molar-refractivity contribution in [3.05, 3.63) is 93.8 Å². The third kappa shape index (κ3) is 18.6. The van der Waals surface area contributed by atoms with Gasteiger partial charge in [0.1, 0.15) is 19.6 Å². The summed E-state index contributed by atoms with van der Waals surface area (Å²) in [6, 6.07) is 15.2. The Labute approximate surface area is 254 Å². The van der Waals surface area contributed by atoms with Crippen molar-refractivity contribution < 1.29 is 45.0 Å². The molecule has 0 saturated carbocycles. The molecule has 0 fully saturated rings. The topological polar surface area (TPSA) is 147 Å². The molecule has 239 valence electrons. The van der Waals surface area contributed by atoms with Crippen molar-refractivity contribution in [3.63, 3.8) is 0 Å². The molecule has 0 saturated heterocycles. The minimum atomic E-state index is -3.97. The van der Waals surface area contributed by atoms with E-state index in [2.05, 4.69) is 13.8 Å². The number of hydrogen-bond acceptors (Lipinski definition) is 9. The average Bonchev–Trinajstić information content (AvgIpc) is 2.95. The van der Waals surface area contributed by atoms with Crippen molar-refractivity contribution in [2.45, 2.75) is 43.6 Å². The zero-order chi connectivity index (χ0) is 32.5. The van der Waals surface area contributed by atoms with Gasteiger partial charge in [0.25, 0.3) is 20.2 Å². The van der Waals surface area contributed by atoms with Crippen LogP contribution in [-0.4, -0.2) is 95.3 Å². The Balaban J connectivity index is 0. The maximum Gasteiger partial charge on any atom is 0.297 e. The largest absolute Gasteiger partial charge is 0.391 e. The molecule has 2 rings (SSSR count). The number of aliphatic hydroxyl groups excluding tert-OH is 3. The third-order valence-electron chi connectivity index (χ3n) is 5.11. The third-order valence-corrected chi connectivity index (χ3v) is 7.83. The maximum absolute atomic E-state index is 12.0. The molecule has 0 aliphatic rings. The van der Waals surface area contributed by atoms with Crippen LogP contribution < -0.4 is 0 Å². The quantitative estimate of drug-likeness (QED) is 0.199. The fourth-order valence-electron chi connectivity index (χ4n) is 3.36. The van der Waals surface area contributed by atoms with Crippen molar-refractivity contribution in [2.75, 3.05) is 52.6 Å². The lowest BCUT2D eigenvalue weighted by atomic mass is 10.3. The van der Waals surface area contributed by atoms with Gasteiger partial charge in [-0.25, -0.2) is 0 Å². The molecule has 10 nitrogen and oxygen atoms in total. The SMILES string of the molecule is CC(COS(=O)(=O)c1ccccc1)OS(=O)(=O)c1ccccc1.C[CH]C[N+](CCO)(CCO)CCO.[CH2][CH]C.[CH2][CH]C. The Bertz CT molecular complexity index is 1070. The number of rotatable bonds is 15. The summed E-state index contributed by atoms with van der Waals surface area (Å²) >= 11 is 0. The van der Waals surface area contributed by atoms with Gasteiger partial charge in [-0.1, -0.05) is 71.0 Å². The predicted molar refractivity (Wildman–Crippen MR) is 165 cm³/mol. The minimum absolute atomic E-state index is 0.00174. The van der Waals surface area contributed by atoms with E-state index in [4.69, 9.17) is 23.7 Å². The van der Waals surface area contributed by atoms with Crippen LogP contribution in [-0.2, 0) is 28.6 Å². The Kier molecular flexibility index (Phi) is 24.7. The van der Waals surface area contributed by atoms with Crippen LogP contribution in [0.4, 0.5) is 0 Å². The van der Waals surface area contributed by atoms with E-state index in [0.29, 0.717) is 24.1 Å². The first-order valence-electron chi connectivity index (χ1n) is 13.4. The molecule has 12 heteroatoms. The molecule has 0 aliphatic heterocycles. The van der Waals surface area contributed by atoms with E-state index in [1.54, 1.807) is 49.2 Å². The molecular weight excluding hydrogens is 582 g/mol. The van der Waals surface area contributed by atoms with E-state index >= 15 is 0 Å². The lowest BCUT2D eigenvalue weighted by Gasteiger charge is -2.37. The first kappa shape index (κ1) is 42.2. The summed E-state index contributed by atoms with van der Waals surface area (Å²) < 4.78 is 58.3. The lowest BCUT2D eigenvalue weighted by Crippen LogP contribution is -2.53. The van der Waals surface area contributed by atoms with Crippen LogP contribution in [0.25, 0.3) is 0 Å². The second-order valence-electron chi connectivity index (χ2n) is 8.82. The smallest absolute Gasteiger partial charge is 0.297 e. The monoisotopic (exact) mass is 631 g/mol. The fraction of sp³-hybridized carbons (Fsp3) is 0.433. The molecule has 0 spiro atoms. The van der Waals surface area contributed by atoms with Crippen LogP contribution in [0.3, 0.4) is 0 Å². The summed E-state index contributed by atoms with van der Waals surface area (Å²) in [5.74, 6) is 0. The van der Waals surface area contributed by atoms with Gasteiger partial charge in [0.05, 0.1) is 48.9 Å². The molecule has 1 atom stereocenters. The molecule has 0 bridgehead atoms. The maximum atomic E-state index is 12.0. The molecule has 0 aromatic heterocycles. The van der Waals surface area contributed by atoms with E-state index in [1.807, 2.05) is 27.2 Å². The summed E-state index contributed by atoms with van der Waals surface area (Å²) in [6.45, 7) is 16.3. The second kappa shape index (κ2) is 24.5. The van der Waals surface area contributed by atoms with E-state index in [1.165, 1.54) is 31.2 Å². The van der Waals surface area contributed by atoms with Crippen molar-refractivity contribution >= 4 is 20.2 Å². The molecule has 2 aromatic rings. The van der Waals surface area contributed by atoms with Crippen molar-refractivity contribution in [1.82, 2.24) is 0 Å². The van der Waals surface area contributed by atoms with Crippen LogP contribution in [0.1, 0.15) is 27.7 Å². The summed E-state index contributed by atoms with van der Waals surface area (Å²) in [5.41, 5.74) is 0. The number of nitrogens with zero attached hydrogens (tertiary/aromatic N) is 1. The Morgan fingerprint density at radius 3 is 1.43 bits per heavy atom. The number of benzene rings is 2. The standard InChI is InChI=1S/C15H16O6S2.C9H21NO3.2C3H6/c1-13(21-23(18,19)15-10-6-3-7-11-15)12-20-22(16,17)14-8-4-2-5-9-14;1-2-3-10(4-7-11,5-8-12)6-9-13;2*1-3-2/h2-11,13H,12H2,1H3;2,11-13H,3-9H2,1H3;2*3H,1H2,2H3/q;+1;;. The molecular formula is C30H49NO9S2+. The van der Waals surface area contributed by atoms with Crippen molar-refractivity contribution in [3.8, 4) is 0 Å². The lowest BCUT2D eigenvalue weighted by molar-refractivity contribution is -0.925. The zero-order valence-electron chi connectivity index (χ0n) is 25.2. The van der Waals surface area contributed by atoms with Gasteiger partial charge in [-0.05, 0) is 44.0 Å². The molecule has 0 amide bonds. The normalized spacial score (nSPS) is 12.0. The molecule has 2 aromatic carbocycles. The van der Waals surface area contributed by atoms with E-state index < -0.39 is 32.9 Å². The van der Waals surface area contributed by atoms with Gasteiger partial charge in [0.2, 0.25) is 0 Å². The number of quaternary nitrogens is 1. The summed E-state index contributed by atoms with van der Waals surface area (Å²) in [7, 11) is -7.92. The Morgan fingerprint density at radius 1 is 0.738 bits per heavy atom. The predicted octanol–water partition coefficient (Wildman–Crippen LogP) is 3.28. The molecule has 0 aliphatic carbocycles. The highest BCUT2D eigenvalue weighted by Gasteiger charge is 2.24. The number of hydrogen-bond donors (Lipinski definition) is 3. The number of aliphatic hydroxyl groups is 3. The second-order valence-corrected chi connectivity index (χ2v) is 12.0. The Hall–Kier alpha value is -1.90. The molecule has 42 heavy (non-hydrogen) atoms. The molecule has 1 unspecified atom stereocenters. The van der Waals surface area contributed by atoms with E-state index in [9.17, 15) is 16.8 Å². The first-order valence-corrected chi connectivity index (χ1v) is 16.2. The van der Waals surface area contributed by atoms with Gasteiger partial charge in [-0.15, -0.1) is 0 Å². The summed E-state index contributed by atoms with van der Waals surface area (Å²) in [4.78, 5) is -0.00381. The van der Waals surface area contributed by atoms with Gasteiger partial charge in [-0.2, -0.15) is 16.8 Å². The van der Waals surface area contributed by atoms with Gasteiger partial charge in [0, 0.05) is 6.42 Å². The first-order chi connectivity index (χ1) is 19.9. The average molecular weight is 632 g/mol. The zero-order valence-corrected chi connectivity index (χ0v) is 26.8. The molecule has 0 heterocycles. The molecule has 5 radical (unpaired) electrons. The minimum Gasteiger partial charge on any atom is -0.391 e. The van der Waals surface area contributed by atoms with Crippen LogP contribution in [0.15, 0.2) is 70.5 Å². The summed E-state index contributed by atoms with van der Waals surface area (Å²) in [6.07, 6.45) is 4.54. The van der Waals surface area contributed by atoms with Crippen molar-refractivity contribution in [1.29, 1.82) is 0 Å². The van der Waals surface area contributed by atoms with E-state index in [0.717, 1.165) is 6.54 Å². The highest BCUT2D eigenvalue weighted by Crippen LogP contribution is 2.16. The van der Waals surface area contributed by atoms with Crippen LogP contribution in [0.5, 0.6) is 0 Å². The fourth-order valence-corrected chi connectivity index (χ4v) is 5.45. The van der Waals surface area contributed by atoms with Crippen LogP contribution >= 0.6 is 0 Å². The van der Waals surface area contributed by atoms with Crippen molar-refractivity contribution in [2.24, 2.45) is 0 Å². The van der Waals surface area contributed by atoms with Crippen LogP contribution in [0.2, 0.25) is 0 Å². The van der Waals surface area contributed by atoms with Gasteiger partial charge in [-0.3, -0.25) is 8.37 Å². The highest BCUT2D eigenvalue weighted by molar-refractivity contribution is 7.87. The highest BCUT2D eigenvalue weighted by atomic mass is 32.2. The molecule has 3 N–H and O–H groups in total. The van der Waals surface area contributed by atoms with Gasteiger partial charge < -0.3 is 19.8 Å².